The van der Waals surface area contributed by atoms with Gasteiger partial charge < -0.3 is 23.9 Å². The zero-order valence-corrected chi connectivity index (χ0v) is 18.7. The minimum Gasteiger partial charge on any atom is -0.493 e. The van der Waals surface area contributed by atoms with Crippen LogP contribution in [-0.2, 0) is 6.61 Å². The summed E-state index contributed by atoms with van der Waals surface area (Å²) in [5, 5.41) is 13.9. The van der Waals surface area contributed by atoms with E-state index in [1.54, 1.807) is 24.3 Å². The number of nitrogens with one attached hydrogen (secondary N) is 1. The monoisotopic (exact) mass is 496 g/mol. The lowest BCUT2D eigenvalue weighted by Gasteiger charge is -2.11. The molecule has 4 rings (SSSR count). The van der Waals surface area contributed by atoms with Gasteiger partial charge in [-0.05, 0) is 36.4 Å². The van der Waals surface area contributed by atoms with Gasteiger partial charge in [0.15, 0.2) is 28.8 Å². The average Bonchev–Trinajstić information content (AvgIpc) is 3.33. The minimum atomic E-state index is -0.878. The molecule has 0 saturated heterocycles. The number of carbonyl (C=O) groups is 1. The number of carbonyl (C=O) groups excluding carboxylic acids is 1. The second-order valence-corrected chi connectivity index (χ2v) is 7.31. The predicted octanol–water partition coefficient (Wildman–Crippen LogP) is 6.10. The molecule has 0 saturated carbocycles. The van der Waals surface area contributed by atoms with Gasteiger partial charge in [0, 0.05) is 18.2 Å². The van der Waals surface area contributed by atoms with Crippen LogP contribution in [0.4, 0.5) is 20.2 Å². The lowest BCUT2D eigenvalue weighted by atomic mass is 10.2. The molecule has 36 heavy (non-hydrogen) atoms. The highest BCUT2D eigenvalue weighted by Gasteiger charge is 2.17. The third-order valence-corrected chi connectivity index (χ3v) is 4.81. The van der Waals surface area contributed by atoms with Crippen LogP contribution in [0.1, 0.15) is 16.3 Å². The van der Waals surface area contributed by atoms with E-state index in [4.69, 9.17) is 18.6 Å². The molecule has 4 aromatic rings. The van der Waals surface area contributed by atoms with Gasteiger partial charge in [-0.15, -0.1) is 0 Å². The number of nitro groups is 1. The van der Waals surface area contributed by atoms with E-state index in [0.29, 0.717) is 17.6 Å². The lowest BCUT2D eigenvalue weighted by Crippen LogP contribution is -2.11. The molecule has 1 N–H and O–H groups in total. The molecule has 0 unspecified atom stereocenters. The zero-order valence-electron chi connectivity index (χ0n) is 18.7. The average molecular weight is 496 g/mol. The van der Waals surface area contributed by atoms with Gasteiger partial charge >= 0.3 is 0 Å². The number of hydrogen-bond acceptors (Lipinski definition) is 7. The van der Waals surface area contributed by atoms with Crippen LogP contribution >= 0.6 is 0 Å². The van der Waals surface area contributed by atoms with Gasteiger partial charge in [-0.1, -0.05) is 12.1 Å². The molecule has 0 bridgehead atoms. The Morgan fingerprint density at radius 3 is 2.50 bits per heavy atom. The van der Waals surface area contributed by atoms with Crippen LogP contribution < -0.4 is 19.5 Å². The maximum absolute atomic E-state index is 13.7. The summed E-state index contributed by atoms with van der Waals surface area (Å²) in [7, 11) is 1.46. The Morgan fingerprint density at radius 1 is 1.00 bits per heavy atom. The molecule has 0 aliphatic rings. The second-order valence-electron chi connectivity index (χ2n) is 7.31. The molecule has 11 heteroatoms. The summed E-state index contributed by atoms with van der Waals surface area (Å²) in [5.41, 5.74) is -0.228. The summed E-state index contributed by atoms with van der Waals surface area (Å²) in [6, 6.07) is 16.2. The SMILES string of the molecule is COc1ccccc1Oc1cc(NC(=O)c2ccc(COc3ccc(F)cc3F)o2)cc([N+](=O)[O-])c1. The van der Waals surface area contributed by atoms with E-state index >= 15 is 0 Å². The van der Waals surface area contributed by atoms with Crippen LogP contribution in [0.5, 0.6) is 23.0 Å². The van der Waals surface area contributed by atoms with Gasteiger partial charge in [0.25, 0.3) is 11.6 Å². The van der Waals surface area contributed by atoms with Crippen molar-refractivity contribution in [1.82, 2.24) is 0 Å². The maximum atomic E-state index is 13.7. The van der Waals surface area contributed by atoms with Crippen LogP contribution in [0.2, 0.25) is 0 Å². The van der Waals surface area contributed by atoms with E-state index in [2.05, 4.69) is 5.32 Å². The van der Waals surface area contributed by atoms with Gasteiger partial charge in [-0.2, -0.15) is 0 Å². The number of methoxy groups -OCH3 is 1. The number of furan rings is 1. The number of para-hydroxylation sites is 2. The van der Waals surface area contributed by atoms with Crippen LogP contribution in [-0.4, -0.2) is 17.9 Å². The summed E-state index contributed by atoms with van der Waals surface area (Å²) in [6.45, 7) is -0.219. The lowest BCUT2D eigenvalue weighted by molar-refractivity contribution is -0.384. The van der Waals surface area contributed by atoms with Crippen molar-refractivity contribution >= 4 is 17.3 Å². The molecular weight excluding hydrogens is 478 g/mol. The predicted molar refractivity (Wildman–Crippen MR) is 124 cm³/mol. The first-order valence-electron chi connectivity index (χ1n) is 10.4. The summed E-state index contributed by atoms with van der Waals surface area (Å²) in [4.78, 5) is 23.4. The standard InChI is InChI=1S/C25H18F2N2O7/c1-33-22-4-2-3-5-23(22)36-19-12-16(11-17(13-19)29(31)32)28-25(30)24-9-7-18(35-24)14-34-21-8-6-15(26)10-20(21)27/h2-13H,14H2,1H3,(H,28,30). The number of nitro benzene ring substituents is 1. The van der Waals surface area contributed by atoms with E-state index in [1.807, 2.05) is 0 Å². The van der Waals surface area contributed by atoms with Crippen LogP contribution in [0.25, 0.3) is 0 Å². The fraction of sp³-hybridized carbons (Fsp3) is 0.0800. The summed E-state index contributed by atoms with van der Waals surface area (Å²) >= 11 is 0. The normalized spacial score (nSPS) is 10.5. The van der Waals surface area contributed by atoms with Crippen molar-refractivity contribution < 1.29 is 37.1 Å². The van der Waals surface area contributed by atoms with E-state index in [-0.39, 0.29) is 41.0 Å². The first-order chi connectivity index (χ1) is 17.3. The van der Waals surface area contributed by atoms with Crippen molar-refractivity contribution in [1.29, 1.82) is 0 Å². The third kappa shape index (κ3) is 5.76. The van der Waals surface area contributed by atoms with Crippen molar-refractivity contribution in [3.05, 3.63) is 106 Å². The molecule has 1 aromatic heterocycles. The number of non-ortho nitro benzene ring substituents is 1. The number of ether oxygens (including phenoxy) is 3. The summed E-state index contributed by atoms with van der Waals surface area (Å²) < 4.78 is 48.4. The zero-order chi connectivity index (χ0) is 25.7. The topological polar surface area (TPSA) is 113 Å². The molecule has 1 heterocycles. The van der Waals surface area contributed by atoms with Crippen LogP contribution in [0.3, 0.4) is 0 Å². The summed E-state index contributed by atoms with van der Waals surface area (Å²) in [6.07, 6.45) is 0. The fourth-order valence-corrected chi connectivity index (χ4v) is 3.16. The Balaban J connectivity index is 1.48. The van der Waals surface area contributed by atoms with Crippen molar-refractivity contribution in [2.45, 2.75) is 6.61 Å². The number of amides is 1. The first kappa shape index (κ1) is 24.2. The van der Waals surface area contributed by atoms with Gasteiger partial charge in [0.2, 0.25) is 0 Å². The molecule has 0 spiro atoms. The van der Waals surface area contributed by atoms with Gasteiger partial charge in [0.1, 0.15) is 23.9 Å². The Kier molecular flexibility index (Phi) is 7.10. The Labute approximate surface area is 203 Å². The molecule has 0 radical (unpaired) electrons. The number of anilines is 1. The molecule has 0 aliphatic carbocycles. The molecule has 0 atom stereocenters. The summed E-state index contributed by atoms with van der Waals surface area (Å²) in [5.74, 6) is -1.58. The van der Waals surface area contributed by atoms with Gasteiger partial charge in [-0.25, -0.2) is 8.78 Å². The molecule has 0 fully saturated rings. The highest BCUT2D eigenvalue weighted by molar-refractivity contribution is 6.02. The number of benzene rings is 3. The van der Waals surface area contributed by atoms with Crippen molar-refractivity contribution in [2.75, 3.05) is 12.4 Å². The van der Waals surface area contributed by atoms with Crippen molar-refractivity contribution in [2.24, 2.45) is 0 Å². The Bertz CT molecular complexity index is 1420. The van der Waals surface area contributed by atoms with Crippen LogP contribution in [0, 0.1) is 21.7 Å². The molecule has 9 nitrogen and oxygen atoms in total. The van der Waals surface area contributed by atoms with E-state index in [0.717, 1.165) is 18.2 Å². The quantitative estimate of drug-likeness (QED) is 0.220. The van der Waals surface area contributed by atoms with Crippen LogP contribution in [0.15, 0.2) is 77.2 Å². The number of hydrogen-bond donors (Lipinski definition) is 1. The third-order valence-electron chi connectivity index (χ3n) is 4.81. The first-order valence-corrected chi connectivity index (χ1v) is 10.4. The minimum absolute atomic E-state index is 0.0849. The number of nitrogens with zero attached hydrogens (tertiary/aromatic N) is 1. The number of rotatable bonds is 9. The second kappa shape index (κ2) is 10.6. The number of halogens is 2. The molecule has 1 amide bonds. The van der Waals surface area contributed by atoms with Crippen molar-refractivity contribution in [3.63, 3.8) is 0 Å². The van der Waals surface area contributed by atoms with Gasteiger partial charge in [-0.3, -0.25) is 14.9 Å². The van der Waals surface area contributed by atoms with E-state index in [1.165, 1.54) is 31.4 Å². The molecule has 0 aliphatic heterocycles. The van der Waals surface area contributed by atoms with E-state index < -0.39 is 22.5 Å². The van der Waals surface area contributed by atoms with Gasteiger partial charge in [0.05, 0.1) is 23.8 Å². The fourth-order valence-electron chi connectivity index (χ4n) is 3.16. The Hall–Kier alpha value is -4.93. The maximum Gasteiger partial charge on any atom is 0.291 e. The highest BCUT2D eigenvalue weighted by Crippen LogP contribution is 2.34. The molecule has 184 valence electrons. The molecule has 3 aromatic carbocycles. The van der Waals surface area contributed by atoms with E-state index in [9.17, 15) is 23.7 Å². The molecular formula is C25H18F2N2O7. The Morgan fingerprint density at radius 2 is 1.78 bits per heavy atom. The highest BCUT2D eigenvalue weighted by atomic mass is 19.1. The smallest absolute Gasteiger partial charge is 0.291 e. The largest absolute Gasteiger partial charge is 0.493 e. The van der Waals surface area contributed by atoms with Crippen molar-refractivity contribution in [3.8, 4) is 23.0 Å².